The molecule has 1 N–H and O–H groups in total. The fourth-order valence-corrected chi connectivity index (χ4v) is 3.15. The van der Waals surface area contributed by atoms with Crippen molar-refractivity contribution in [1.82, 2.24) is 10.2 Å². The van der Waals surface area contributed by atoms with Crippen molar-refractivity contribution in [3.8, 4) is 0 Å². The molecule has 1 aliphatic carbocycles. The molecular weight excluding hydrogens is 208 g/mol. The molecule has 1 saturated carbocycles. The summed E-state index contributed by atoms with van der Waals surface area (Å²) in [5, 5.41) is 3.83. The number of rotatable bonds is 5. The first-order valence-electron chi connectivity index (χ1n) is 7.24. The highest BCUT2D eigenvalue weighted by atomic mass is 15.1. The zero-order valence-corrected chi connectivity index (χ0v) is 12.7. The highest BCUT2D eigenvalue weighted by Crippen LogP contribution is 2.35. The molecule has 0 saturated heterocycles. The summed E-state index contributed by atoms with van der Waals surface area (Å²) >= 11 is 0. The van der Waals surface area contributed by atoms with E-state index in [0.29, 0.717) is 23.4 Å². The predicted octanol–water partition coefficient (Wildman–Crippen LogP) is 3.13. The molecule has 17 heavy (non-hydrogen) atoms. The van der Waals surface area contributed by atoms with Crippen LogP contribution in [0.15, 0.2) is 0 Å². The van der Waals surface area contributed by atoms with Crippen LogP contribution in [0.5, 0.6) is 0 Å². The van der Waals surface area contributed by atoms with Gasteiger partial charge in [0.15, 0.2) is 0 Å². The van der Waals surface area contributed by atoms with Crippen molar-refractivity contribution in [2.75, 3.05) is 20.6 Å². The van der Waals surface area contributed by atoms with Crippen molar-refractivity contribution in [3.05, 3.63) is 0 Å². The molecule has 0 spiro atoms. The average Bonchev–Trinajstić information content (AvgIpc) is 2.19. The molecule has 2 nitrogen and oxygen atoms in total. The minimum absolute atomic E-state index is 0.478. The van der Waals surface area contributed by atoms with Crippen LogP contribution >= 0.6 is 0 Å². The van der Waals surface area contributed by atoms with Gasteiger partial charge in [0.25, 0.3) is 0 Å². The highest BCUT2D eigenvalue weighted by molar-refractivity contribution is 4.89. The zero-order chi connectivity index (χ0) is 13.1. The van der Waals surface area contributed by atoms with E-state index in [1.165, 1.54) is 25.7 Å². The molecule has 0 aromatic rings. The monoisotopic (exact) mass is 240 g/mol. The fourth-order valence-electron chi connectivity index (χ4n) is 3.15. The Morgan fingerprint density at radius 3 is 2.35 bits per heavy atom. The van der Waals surface area contributed by atoms with E-state index in [1.54, 1.807) is 0 Å². The normalized spacial score (nSPS) is 26.5. The van der Waals surface area contributed by atoms with Gasteiger partial charge in [-0.2, -0.15) is 0 Å². The molecule has 0 bridgehead atoms. The Kier molecular flexibility index (Phi) is 5.46. The maximum absolute atomic E-state index is 3.83. The van der Waals surface area contributed by atoms with E-state index in [2.05, 4.69) is 52.0 Å². The number of nitrogens with one attached hydrogen (secondary N) is 1. The molecule has 2 heteroatoms. The lowest BCUT2D eigenvalue weighted by Gasteiger charge is -2.41. The Hall–Kier alpha value is -0.0800. The number of hydrogen-bond acceptors (Lipinski definition) is 2. The second-order valence-electron chi connectivity index (χ2n) is 6.97. The van der Waals surface area contributed by atoms with Gasteiger partial charge < -0.3 is 10.2 Å². The summed E-state index contributed by atoms with van der Waals surface area (Å²) in [7, 11) is 4.39. The molecule has 1 rings (SSSR count). The van der Waals surface area contributed by atoms with Crippen LogP contribution in [0, 0.1) is 11.3 Å². The summed E-state index contributed by atoms with van der Waals surface area (Å²) in [6.07, 6.45) is 5.53. The minimum Gasteiger partial charge on any atom is -0.312 e. The van der Waals surface area contributed by atoms with E-state index in [9.17, 15) is 0 Å². The molecule has 1 aliphatic rings. The van der Waals surface area contributed by atoms with Crippen LogP contribution in [-0.2, 0) is 0 Å². The van der Waals surface area contributed by atoms with Gasteiger partial charge >= 0.3 is 0 Å². The molecule has 0 heterocycles. The first kappa shape index (κ1) is 15.0. The van der Waals surface area contributed by atoms with E-state index in [-0.39, 0.29) is 0 Å². The first-order valence-corrected chi connectivity index (χ1v) is 7.24. The molecule has 2 atom stereocenters. The van der Waals surface area contributed by atoms with E-state index in [4.69, 9.17) is 0 Å². The predicted molar refractivity (Wildman–Crippen MR) is 76.4 cm³/mol. The summed E-state index contributed by atoms with van der Waals surface area (Å²) in [5.74, 6) is 0.712. The summed E-state index contributed by atoms with van der Waals surface area (Å²) in [5.41, 5.74) is 0.478. The van der Waals surface area contributed by atoms with E-state index < -0.39 is 0 Å². The maximum Gasteiger partial charge on any atom is 0.0237 e. The van der Waals surface area contributed by atoms with Gasteiger partial charge in [-0.05, 0) is 38.3 Å². The molecule has 0 aliphatic heterocycles. The van der Waals surface area contributed by atoms with Crippen LogP contribution in [0.2, 0.25) is 0 Å². The van der Waals surface area contributed by atoms with Crippen LogP contribution in [0.3, 0.4) is 0 Å². The topological polar surface area (TPSA) is 15.3 Å². The lowest BCUT2D eigenvalue weighted by molar-refractivity contribution is 0.145. The summed E-state index contributed by atoms with van der Waals surface area (Å²) in [6.45, 7) is 10.6. The molecule has 0 amide bonds. The van der Waals surface area contributed by atoms with Gasteiger partial charge in [-0.3, -0.25) is 0 Å². The largest absolute Gasteiger partial charge is 0.312 e. The van der Waals surface area contributed by atoms with Gasteiger partial charge in [0.2, 0.25) is 0 Å². The minimum atomic E-state index is 0.478. The molecule has 0 radical (unpaired) electrons. The van der Waals surface area contributed by atoms with Crippen molar-refractivity contribution in [1.29, 1.82) is 0 Å². The van der Waals surface area contributed by atoms with Gasteiger partial charge in [-0.25, -0.2) is 0 Å². The van der Waals surface area contributed by atoms with E-state index >= 15 is 0 Å². The summed E-state index contributed by atoms with van der Waals surface area (Å²) in [4.78, 5) is 2.35. The number of likely N-dealkylation sites (N-methyl/N-ethyl adjacent to an activating group) is 1. The van der Waals surface area contributed by atoms with Crippen molar-refractivity contribution >= 4 is 0 Å². The Morgan fingerprint density at radius 2 is 1.88 bits per heavy atom. The van der Waals surface area contributed by atoms with Crippen LogP contribution in [0.25, 0.3) is 0 Å². The van der Waals surface area contributed by atoms with Crippen LogP contribution < -0.4 is 5.32 Å². The lowest BCUT2D eigenvalue weighted by atomic mass is 9.73. The third-order valence-electron chi connectivity index (χ3n) is 4.51. The third-order valence-corrected chi connectivity index (χ3v) is 4.51. The summed E-state index contributed by atoms with van der Waals surface area (Å²) in [6, 6.07) is 1.35. The Labute approximate surface area is 108 Å². The fraction of sp³-hybridized carbons (Fsp3) is 1.00. The standard InChI is InChI=1S/C15H32N2/c1-12(2)13(17(5)6)11-16-14-9-7-8-10-15(14,3)4/h12-14,16H,7-11H2,1-6H3. The highest BCUT2D eigenvalue weighted by Gasteiger charge is 2.32. The molecule has 1 fully saturated rings. The first-order chi connectivity index (χ1) is 7.84. The Bertz CT molecular complexity index is 213. The van der Waals surface area contributed by atoms with Gasteiger partial charge in [-0.1, -0.05) is 40.5 Å². The second-order valence-corrected chi connectivity index (χ2v) is 6.97. The van der Waals surface area contributed by atoms with Crippen molar-refractivity contribution < 1.29 is 0 Å². The van der Waals surface area contributed by atoms with Gasteiger partial charge in [0.05, 0.1) is 0 Å². The maximum atomic E-state index is 3.83. The van der Waals surface area contributed by atoms with Crippen molar-refractivity contribution in [2.24, 2.45) is 11.3 Å². The number of hydrogen-bond donors (Lipinski definition) is 1. The lowest BCUT2D eigenvalue weighted by Crippen LogP contribution is -2.50. The third kappa shape index (κ3) is 4.26. The SMILES string of the molecule is CC(C)C(CNC1CCCCC1(C)C)N(C)C. The molecular formula is C15H32N2. The van der Waals surface area contributed by atoms with E-state index in [1.807, 2.05) is 0 Å². The molecule has 0 aromatic heterocycles. The molecule has 0 aromatic carbocycles. The van der Waals surface area contributed by atoms with Crippen molar-refractivity contribution in [3.63, 3.8) is 0 Å². The average molecular weight is 240 g/mol. The van der Waals surface area contributed by atoms with E-state index in [0.717, 1.165) is 6.54 Å². The Balaban J connectivity index is 2.47. The number of nitrogens with zero attached hydrogens (tertiary/aromatic N) is 1. The van der Waals surface area contributed by atoms with Gasteiger partial charge in [-0.15, -0.1) is 0 Å². The summed E-state index contributed by atoms with van der Waals surface area (Å²) < 4.78 is 0. The van der Waals surface area contributed by atoms with Gasteiger partial charge in [0, 0.05) is 18.6 Å². The smallest absolute Gasteiger partial charge is 0.0237 e. The van der Waals surface area contributed by atoms with Crippen LogP contribution in [-0.4, -0.2) is 37.6 Å². The second kappa shape index (κ2) is 6.19. The molecule has 2 unspecified atom stereocenters. The molecule has 102 valence electrons. The zero-order valence-electron chi connectivity index (χ0n) is 12.7. The van der Waals surface area contributed by atoms with Crippen LogP contribution in [0.4, 0.5) is 0 Å². The van der Waals surface area contributed by atoms with Crippen molar-refractivity contribution in [2.45, 2.75) is 65.5 Å². The van der Waals surface area contributed by atoms with Crippen LogP contribution in [0.1, 0.15) is 53.4 Å². The Morgan fingerprint density at radius 1 is 1.24 bits per heavy atom. The van der Waals surface area contributed by atoms with Gasteiger partial charge in [0.1, 0.15) is 0 Å². The quantitative estimate of drug-likeness (QED) is 0.794.